The molecule has 0 aliphatic carbocycles. The minimum Gasteiger partial charge on any atom is -0.468 e. The number of esters is 1. The molecule has 120 valence electrons. The fraction of sp³-hybridized carbons (Fsp3) is 0.875. The molecule has 5 heteroatoms. The third kappa shape index (κ3) is 4.19. The molecule has 0 aromatic rings. The van der Waals surface area contributed by atoms with Gasteiger partial charge in [0.2, 0.25) is 5.91 Å². The fourth-order valence-corrected chi connectivity index (χ4v) is 3.40. The number of methoxy groups -OCH3 is 1. The van der Waals surface area contributed by atoms with Crippen molar-refractivity contribution >= 4 is 11.9 Å². The first kappa shape index (κ1) is 16.3. The van der Waals surface area contributed by atoms with Crippen LogP contribution in [0.2, 0.25) is 0 Å². The molecule has 0 N–H and O–H groups in total. The number of nitrogens with zero attached hydrogens (tertiary/aromatic N) is 2. The van der Waals surface area contributed by atoms with Crippen LogP contribution in [0, 0.1) is 5.92 Å². The Morgan fingerprint density at radius 2 is 1.57 bits per heavy atom. The van der Waals surface area contributed by atoms with Gasteiger partial charge in [0.05, 0.1) is 7.11 Å². The minimum atomic E-state index is -0.204. The number of carbonyl (C=O) groups excluding carboxylic acids is 2. The summed E-state index contributed by atoms with van der Waals surface area (Å²) < 4.78 is 4.79. The van der Waals surface area contributed by atoms with Crippen LogP contribution >= 0.6 is 0 Å². The predicted molar refractivity (Wildman–Crippen MR) is 80.8 cm³/mol. The first-order chi connectivity index (χ1) is 10.1. The van der Waals surface area contributed by atoms with E-state index in [1.165, 1.54) is 20.0 Å². The summed E-state index contributed by atoms with van der Waals surface area (Å²) in [5, 5.41) is 0. The Labute approximate surface area is 127 Å². The van der Waals surface area contributed by atoms with Crippen molar-refractivity contribution < 1.29 is 14.3 Å². The summed E-state index contributed by atoms with van der Waals surface area (Å²) >= 11 is 0. The summed E-state index contributed by atoms with van der Waals surface area (Å²) in [4.78, 5) is 28.4. The van der Waals surface area contributed by atoms with E-state index in [0.29, 0.717) is 5.91 Å². The van der Waals surface area contributed by atoms with Crippen molar-refractivity contribution in [2.75, 3.05) is 33.3 Å². The van der Waals surface area contributed by atoms with Gasteiger partial charge < -0.3 is 9.64 Å². The summed E-state index contributed by atoms with van der Waals surface area (Å²) in [5.74, 6) is 0.291. The Balaban J connectivity index is 1.82. The second-order valence-electron chi connectivity index (χ2n) is 6.25. The number of ether oxygens (including phenoxy) is 1. The quantitative estimate of drug-likeness (QED) is 0.743. The van der Waals surface area contributed by atoms with Crippen LogP contribution in [-0.4, -0.2) is 61.0 Å². The number of hydrogen-bond acceptors (Lipinski definition) is 4. The Morgan fingerprint density at radius 3 is 2.10 bits per heavy atom. The van der Waals surface area contributed by atoms with E-state index in [4.69, 9.17) is 4.74 Å². The van der Waals surface area contributed by atoms with E-state index in [-0.39, 0.29) is 17.9 Å². The highest BCUT2D eigenvalue weighted by Gasteiger charge is 2.32. The molecule has 1 atom stereocenters. The van der Waals surface area contributed by atoms with Crippen molar-refractivity contribution in [2.24, 2.45) is 5.92 Å². The van der Waals surface area contributed by atoms with E-state index in [2.05, 4.69) is 9.80 Å². The smallest absolute Gasteiger partial charge is 0.322 e. The van der Waals surface area contributed by atoms with Crippen LogP contribution in [0.25, 0.3) is 0 Å². The SMILES string of the molecule is COC(=O)C(C)N1CCC(C(=O)N2CCCCCC2)CC1. The maximum absolute atomic E-state index is 12.6. The highest BCUT2D eigenvalue weighted by Crippen LogP contribution is 2.23. The number of rotatable bonds is 3. The molecular formula is C16H28N2O3. The largest absolute Gasteiger partial charge is 0.468 e. The van der Waals surface area contributed by atoms with Crippen molar-refractivity contribution in [3.63, 3.8) is 0 Å². The molecule has 1 unspecified atom stereocenters. The Hall–Kier alpha value is -1.10. The van der Waals surface area contributed by atoms with E-state index < -0.39 is 0 Å². The third-order valence-corrected chi connectivity index (χ3v) is 4.89. The molecular weight excluding hydrogens is 268 g/mol. The lowest BCUT2D eigenvalue weighted by molar-refractivity contribution is -0.147. The molecule has 2 aliphatic heterocycles. The monoisotopic (exact) mass is 296 g/mol. The maximum atomic E-state index is 12.6. The molecule has 0 radical (unpaired) electrons. The molecule has 0 aromatic carbocycles. The average molecular weight is 296 g/mol. The molecule has 21 heavy (non-hydrogen) atoms. The summed E-state index contributed by atoms with van der Waals surface area (Å²) in [5.41, 5.74) is 0. The first-order valence-electron chi connectivity index (χ1n) is 8.24. The van der Waals surface area contributed by atoms with Gasteiger partial charge in [0.25, 0.3) is 0 Å². The van der Waals surface area contributed by atoms with Crippen LogP contribution < -0.4 is 0 Å². The van der Waals surface area contributed by atoms with Crippen molar-refractivity contribution in [3.05, 3.63) is 0 Å². The lowest BCUT2D eigenvalue weighted by Gasteiger charge is -2.36. The second kappa shape index (κ2) is 7.78. The standard InChI is InChI=1S/C16H28N2O3/c1-13(16(20)21-2)17-11-7-14(8-12-17)15(19)18-9-5-3-4-6-10-18/h13-14H,3-12H2,1-2H3. The summed E-state index contributed by atoms with van der Waals surface area (Å²) in [6.07, 6.45) is 6.50. The minimum absolute atomic E-state index is 0.143. The van der Waals surface area contributed by atoms with Gasteiger partial charge in [-0.3, -0.25) is 14.5 Å². The number of hydrogen-bond donors (Lipinski definition) is 0. The predicted octanol–water partition coefficient (Wildman–Crippen LogP) is 1.66. The molecule has 1 amide bonds. The fourth-order valence-electron chi connectivity index (χ4n) is 3.40. The molecule has 0 bridgehead atoms. The van der Waals surface area contributed by atoms with Crippen LogP contribution in [-0.2, 0) is 14.3 Å². The number of amides is 1. The highest BCUT2D eigenvalue weighted by molar-refractivity contribution is 5.79. The van der Waals surface area contributed by atoms with E-state index in [1.807, 2.05) is 6.92 Å². The normalized spacial score (nSPS) is 23.4. The lowest BCUT2D eigenvalue weighted by atomic mass is 9.94. The molecule has 2 saturated heterocycles. The van der Waals surface area contributed by atoms with Gasteiger partial charge in [0, 0.05) is 19.0 Å². The van der Waals surface area contributed by atoms with E-state index >= 15 is 0 Å². The van der Waals surface area contributed by atoms with Crippen molar-refractivity contribution in [1.29, 1.82) is 0 Å². The van der Waals surface area contributed by atoms with Crippen molar-refractivity contribution in [2.45, 2.75) is 51.5 Å². The van der Waals surface area contributed by atoms with Gasteiger partial charge in [-0.25, -0.2) is 0 Å². The molecule has 2 aliphatic rings. The Morgan fingerprint density at radius 1 is 1.00 bits per heavy atom. The lowest BCUT2D eigenvalue weighted by Crippen LogP contribution is -2.47. The number of carbonyl (C=O) groups is 2. The summed E-state index contributed by atoms with van der Waals surface area (Å²) in [6.45, 7) is 5.35. The molecule has 5 nitrogen and oxygen atoms in total. The van der Waals surface area contributed by atoms with Crippen LogP contribution in [0.15, 0.2) is 0 Å². The van der Waals surface area contributed by atoms with Crippen LogP contribution in [0.3, 0.4) is 0 Å². The molecule has 2 rings (SSSR count). The van der Waals surface area contributed by atoms with Gasteiger partial charge in [0.15, 0.2) is 0 Å². The molecule has 2 heterocycles. The summed E-state index contributed by atoms with van der Waals surface area (Å²) in [6, 6.07) is -0.204. The van der Waals surface area contributed by atoms with Gasteiger partial charge in [-0.1, -0.05) is 12.8 Å². The van der Waals surface area contributed by atoms with Crippen LogP contribution in [0.4, 0.5) is 0 Å². The molecule has 2 fully saturated rings. The topological polar surface area (TPSA) is 49.9 Å². The van der Waals surface area contributed by atoms with E-state index in [9.17, 15) is 9.59 Å². The maximum Gasteiger partial charge on any atom is 0.322 e. The van der Waals surface area contributed by atoms with Gasteiger partial charge in [0.1, 0.15) is 6.04 Å². The number of likely N-dealkylation sites (tertiary alicyclic amines) is 2. The zero-order valence-electron chi connectivity index (χ0n) is 13.3. The van der Waals surface area contributed by atoms with Gasteiger partial charge in [-0.2, -0.15) is 0 Å². The van der Waals surface area contributed by atoms with Crippen molar-refractivity contribution in [3.8, 4) is 0 Å². The second-order valence-corrected chi connectivity index (χ2v) is 6.25. The first-order valence-corrected chi connectivity index (χ1v) is 8.24. The zero-order valence-corrected chi connectivity index (χ0v) is 13.3. The van der Waals surface area contributed by atoms with Crippen molar-refractivity contribution in [1.82, 2.24) is 9.80 Å². The van der Waals surface area contributed by atoms with Crippen LogP contribution in [0.1, 0.15) is 45.4 Å². The van der Waals surface area contributed by atoms with E-state index in [1.54, 1.807) is 0 Å². The molecule has 0 saturated carbocycles. The average Bonchev–Trinajstić information content (AvgIpc) is 2.82. The molecule has 0 spiro atoms. The van der Waals surface area contributed by atoms with Crippen LogP contribution in [0.5, 0.6) is 0 Å². The molecule has 0 aromatic heterocycles. The third-order valence-electron chi connectivity index (χ3n) is 4.89. The summed E-state index contributed by atoms with van der Waals surface area (Å²) in [7, 11) is 1.43. The zero-order chi connectivity index (χ0) is 15.2. The van der Waals surface area contributed by atoms with E-state index in [0.717, 1.165) is 51.9 Å². The highest BCUT2D eigenvalue weighted by atomic mass is 16.5. The van der Waals surface area contributed by atoms with Gasteiger partial charge in [-0.05, 0) is 45.7 Å². The Bertz CT molecular complexity index is 357. The van der Waals surface area contributed by atoms with Gasteiger partial charge in [-0.15, -0.1) is 0 Å². The Kier molecular flexibility index (Phi) is 6.03. The number of piperidine rings is 1. The van der Waals surface area contributed by atoms with Gasteiger partial charge >= 0.3 is 5.97 Å².